The highest BCUT2D eigenvalue weighted by Crippen LogP contribution is 2.37. The molecule has 4 nitrogen and oxygen atoms in total. The van der Waals surface area contributed by atoms with Crippen molar-refractivity contribution in [2.45, 2.75) is 11.1 Å². The Bertz CT molecular complexity index is 982. The van der Waals surface area contributed by atoms with Gasteiger partial charge in [-0.15, -0.1) is 0 Å². The van der Waals surface area contributed by atoms with Crippen molar-refractivity contribution in [3.8, 4) is 0 Å². The van der Waals surface area contributed by atoms with E-state index in [1.54, 1.807) is 6.07 Å². The normalized spacial score (nSPS) is 12.7. The number of hydrogen-bond donors (Lipinski definition) is 0. The van der Waals surface area contributed by atoms with Crippen molar-refractivity contribution in [3.05, 3.63) is 59.4 Å². The summed E-state index contributed by atoms with van der Waals surface area (Å²) in [6.45, 7) is 0. The van der Waals surface area contributed by atoms with Crippen LogP contribution < -0.4 is 0 Å². The Kier molecular flexibility index (Phi) is 3.61. The Hall–Kier alpha value is -2.06. The van der Waals surface area contributed by atoms with E-state index in [0.717, 1.165) is 6.20 Å². The highest BCUT2D eigenvalue weighted by atomic mass is 35.5. The smallest absolute Gasteiger partial charge is 0.239 e. The lowest BCUT2D eigenvalue weighted by Gasteiger charge is -2.13. The van der Waals surface area contributed by atoms with Crippen LogP contribution in [0.5, 0.6) is 0 Å². The molecule has 1 aromatic carbocycles. The standard InChI is InChI=1S/C14H8ClF3N2O2S/c15-12-8-10(14(16,17)18)13-11(19-12)6-7-20(13)23(21,22)9-4-2-1-3-5-9/h1-8H. The highest BCUT2D eigenvalue weighted by Gasteiger charge is 2.36. The molecular weight excluding hydrogens is 353 g/mol. The molecule has 0 atom stereocenters. The van der Waals surface area contributed by atoms with Gasteiger partial charge < -0.3 is 0 Å². The summed E-state index contributed by atoms with van der Waals surface area (Å²) in [6.07, 6.45) is -3.74. The third-order valence-electron chi connectivity index (χ3n) is 3.18. The van der Waals surface area contributed by atoms with Gasteiger partial charge in [-0.1, -0.05) is 29.8 Å². The molecule has 3 rings (SSSR count). The number of hydrogen-bond acceptors (Lipinski definition) is 3. The summed E-state index contributed by atoms with van der Waals surface area (Å²) in [5.74, 6) is 0. The zero-order chi connectivity index (χ0) is 16.8. The van der Waals surface area contributed by atoms with E-state index < -0.39 is 27.3 Å². The summed E-state index contributed by atoms with van der Waals surface area (Å²) in [7, 11) is -4.18. The quantitative estimate of drug-likeness (QED) is 0.650. The summed E-state index contributed by atoms with van der Waals surface area (Å²) >= 11 is 5.60. The van der Waals surface area contributed by atoms with Crippen molar-refractivity contribution >= 4 is 32.7 Å². The average Bonchev–Trinajstić information content (AvgIpc) is 2.90. The van der Waals surface area contributed by atoms with Gasteiger partial charge in [0.15, 0.2) is 0 Å². The van der Waals surface area contributed by atoms with E-state index in [9.17, 15) is 21.6 Å². The molecule has 0 aliphatic heterocycles. The van der Waals surface area contributed by atoms with Crippen LogP contribution in [0.2, 0.25) is 5.15 Å². The summed E-state index contributed by atoms with van der Waals surface area (Å²) in [5.41, 5.74) is -1.85. The first kappa shape index (κ1) is 15.8. The molecule has 0 saturated carbocycles. The molecule has 23 heavy (non-hydrogen) atoms. The van der Waals surface area contributed by atoms with Gasteiger partial charge in [0.2, 0.25) is 0 Å². The van der Waals surface area contributed by atoms with Crippen molar-refractivity contribution in [2.24, 2.45) is 0 Å². The highest BCUT2D eigenvalue weighted by molar-refractivity contribution is 7.90. The third kappa shape index (κ3) is 2.68. The van der Waals surface area contributed by atoms with Gasteiger partial charge in [-0.25, -0.2) is 17.4 Å². The Morgan fingerprint density at radius 1 is 1.09 bits per heavy atom. The van der Waals surface area contributed by atoms with E-state index in [-0.39, 0.29) is 15.6 Å². The zero-order valence-corrected chi connectivity index (χ0v) is 12.8. The molecule has 0 saturated heterocycles. The summed E-state index contributed by atoms with van der Waals surface area (Å²) in [4.78, 5) is 3.63. The molecule has 0 radical (unpaired) electrons. The van der Waals surface area contributed by atoms with Crippen LogP contribution in [0.1, 0.15) is 5.56 Å². The Morgan fingerprint density at radius 3 is 2.35 bits per heavy atom. The van der Waals surface area contributed by atoms with Gasteiger partial charge in [-0.05, 0) is 24.3 Å². The Labute approximate surface area is 134 Å². The van der Waals surface area contributed by atoms with Crippen molar-refractivity contribution in [1.82, 2.24) is 8.96 Å². The molecule has 0 spiro atoms. The molecule has 3 aromatic rings. The number of halogens is 4. The molecule has 0 bridgehead atoms. The largest absolute Gasteiger partial charge is 0.418 e. The van der Waals surface area contributed by atoms with Crippen LogP contribution in [0.15, 0.2) is 53.6 Å². The van der Waals surface area contributed by atoms with Crippen LogP contribution in [0.3, 0.4) is 0 Å². The van der Waals surface area contributed by atoms with Crippen molar-refractivity contribution < 1.29 is 21.6 Å². The lowest BCUT2D eigenvalue weighted by molar-refractivity contribution is -0.136. The maximum Gasteiger partial charge on any atom is 0.418 e. The van der Waals surface area contributed by atoms with E-state index in [0.29, 0.717) is 10.0 Å². The first-order chi connectivity index (χ1) is 10.7. The Morgan fingerprint density at radius 2 is 1.74 bits per heavy atom. The lowest BCUT2D eigenvalue weighted by Crippen LogP contribution is -2.15. The molecule has 0 unspecified atom stereocenters. The molecule has 9 heteroatoms. The van der Waals surface area contributed by atoms with Gasteiger partial charge in [0, 0.05) is 6.20 Å². The first-order valence-electron chi connectivity index (χ1n) is 6.27. The van der Waals surface area contributed by atoms with E-state index in [1.807, 2.05) is 0 Å². The second kappa shape index (κ2) is 5.24. The van der Waals surface area contributed by atoms with Crippen molar-refractivity contribution in [3.63, 3.8) is 0 Å². The topological polar surface area (TPSA) is 52.0 Å². The predicted octanol–water partition coefficient (Wildman–Crippen LogP) is 3.95. The van der Waals surface area contributed by atoms with Gasteiger partial charge in [0.1, 0.15) is 5.15 Å². The van der Waals surface area contributed by atoms with Crippen LogP contribution >= 0.6 is 11.6 Å². The number of benzene rings is 1. The van der Waals surface area contributed by atoms with E-state index in [4.69, 9.17) is 11.6 Å². The minimum atomic E-state index is -4.77. The number of rotatable bonds is 2. The van der Waals surface area contributed by atoms with Crippen LogP contribution in [-0.4, -0.2) is 17.4 Å². The molecule has 0 amide bonds. The fourth-order valence-electron chi connectivity index (χ4n) is 2.21. The molecule has 0 aliphatic rings. The second-order valence-corrected chi connectivity index (χ2v) is 6.86. The van der Waals surface area contributed by atoms with Crippen LogP contribution in [-0.2, 0) is 16.2 Å². The monoisotopic (exact) mass is 360 g/mol. The molecule has 0 fully saturated rings. The number of nitrogens with zero attached hydrogens (tertiary/aromatic N) is 2. The van der Waals surface area contributed by atoms with Crippen LogP contribution in [0.25, 0.3) is 11.0 Å². The van der Waals surface area contributed by atoms with Gasteiger partial charge in [0.25, 0.3) is 10.0 Å². The zero-order valence-electron chi connectivity index (χ0n) is 11.2. The first-order valence-corrected chi connectivity index (χ1v) is 8.08. The summed E-state index contributed by atoms with van der Waals surface area (Å²) < 4.78 is 65.5. The van der Waals surface area contributed by atoms with Crippen LogP contribution in [0.4, 0.5) is 13.2 Å². The molecule has 0 N–H and O–H groups in total. The molecule has 2 heterocycles. The van der Waals surface area contributed by atoms with E-state index in [1.165, 1.54) is 30.3 Å². The van der Waals surface area contributed by atoms with Crippen LogP contribution in [0, 0.1) is 0 Å². The molecule has 120 valence electrons. The molecular formula is C14H8ClF3N2O2S. The Balaban J connectivity index is 2.37. The third-order valence-corrected chi connectivity index (χ3v) is 5.07. The fraction of sp³-hybridized carbons (Fsp3) is 0.0714. The second-order valence-electron chi connectivity index (χ2n) is 4.65. The van der Waals surface area contributed by atoms with Gasteiger partial charge in [-0.2, -0.15) is 13.2 Å². The van der Waals surface area contributed by atoms with E-state index in [2.05, 4.69) is 4.98 Å². The lowest BCUT2D eigenvalue weighted by atomic mass is 10.2. The number of fused-ring (bicyclic) bond motifs is 1. The minimum absolute atomic E-state index is 0.124. The van der Waals surface area contributed by atoms with Gasteiger partial charge in [-0.3, -0.25) is 0 Å². The summed E-state index contributed by atoms with van der Waals surface area (Å²) in [5, 5.41) is -0.361. The van der Waals surface area contributed by atoms with Gasteiger partial charge in [0.05, 0.1) is 21.5 Å². The SMILES string of the molecule is O=S(=O)(c1ccccc1)n1ccc2nc(Cl)cc(C(F)(F)F)c21. The predicted molar refractivity (Wildman–Crippen MR) is 78.8 cm³/mol. The van der Waals surface area contributed by atoms with Crippen molar-refractivity contribution in [1.29, 1.82) is 0 Å². The minimum Gasteiger partial charge on any atom is -0.239 e. The number of pyridine rings is 1. The van der Waals surface area contributed by atoms with E-state index >= 15 is 0 Å². The molecule has 2 aromatic heterocycles. The fourth-order valence-corrected chi connectivity index (χ4v) is 3.79. The number of alkyl halides is 3. The van der Waals surface area contributed by atoms with Crippen molar-refractivity contribution in [2.75, 3.05) is 0 Å². The molecule has 0 aliphatic carbocycles. The maximum absolute atomic E-state index is 13.3. The van der Waals surface area contributed by atoms with Gasteiger partial charge >= 0.3 is 6.18 Å². The summed E-state index contributed by atoms with van der Waals surface area (Å²) in [6, 6.07) is 8.97. The average molecular weight is 361 g/mol. The maximum atomic E-state index is 13.3. The number of aromatic nitrogens is 2.